The lowest BCUT2D eigenvalue weighted by Gasteiger charge is -2.08. The molecule has 0 aliphatic rings. The summed E-state index contributed by atoms with van der Waals surface area (Å²) in [6.45, 7) is 0.406. The molecule has 0 saturated carbocycles. The Labute approximate surface area is 127 Å². The van der Waals surface area contributed by atoms with Crippen LogP contribution in [0.3, 0.4) is 0 Å². The zero-order chi connectivity index (χ0) is 15.9. The van der Waals surface area contributed by atoms with E-state index in [1.54, 1.807) is 47.2 Å². The van der Waals surface area contributed by atoms with Crippen molar-refractivity contribution in [2.75, 3.05) is 12.4 Å². The summed E-state index contributed by atoms with van der Waals surface area (Å²) >= 11 is 0. The van der Waals surface area contributed by atoms with Gasteiger partial charge < -0.3 is 14.6 Å². The number of methoxy groups -OCH3 is 1. The molecule has 6 nitrogen and oxygen atoms in total. The molecule has 0 aliphatic heterocycles. The molecule has 1 heterocycles. The van der Waals surface area contributed by atoms with Gasteiger partial charge in [-0.3, -0.25) is 9.59 Å². The van der Waals surface area contributed by atoms with Crippen molar-refractivity contribution >= 4 is 23.9 Å². The van der Waals surface area contributed by atoms with Gasteiger partial charge in [0.05, 0.1) is 18.4 Å². The molecule has 1 N–H and O–H groups in total. The van der Waals surface area contributed by atoms with E-state index in [-0.39, 0.29) is 12.3 Å². The molecule has 2 rings (SSSR count). The summed E-state index contributed by atoms with van der Waals surface area (Å²) in [5.41, 5.74) is 1.42. The second-order valence-corrected chi connectivity index (χ2v) is 4.61. The topological polar surface area (TPSA) is 77.4 Å². The van der Waals surface area contributed by atoms with Crippen LogP contribution in [0.2, 0.25) is 0 Å². The number of hydrogen-bond acceptors (Lipinski definition) is 4. The number of nitrogens with one attached hydrogen (secondary N) is 1. The number of hydrogen-bond donors (Lipinski definition) is 1. The van der Waals surface area contributed by atoms with E-state index >= 15 is 0 Å². The fourth-order valence-corrected chi connectivity index (χ4v) is 2.03. The largest absolute Gasteiger partial charge is 0.465 e. The zero-order valence-corrected chi connectivity index (χ0v) is 12.1. The quantitative estimate of drug-likeness (QED) is 0.655. The number of aldehydes is 1. The maximum absolute atomic E-state index is 11.9. The number of aromatic nitrogens is 1. The summed E-state index contributed by atoms with van der Waals surface area (Å²) in [5.74, 6) is -0.661. The molecule has 1 amide bonds. The number of esters is 1. The van der Waals surface area contributed by atoms with Gasteiger partial charge >= 0.3 is 5.97 Å². The number of carbonyl (C=O) groups excluding carboxylic acids is 3. The van der Waals surface area contributed by atoms with E-state index in [1.165, 1.54) is 7.11 Å². The van der Waals surface area contributed by atoms with Gasteiger partial charge in [-0.25, -0.2) is 4.79 Å². The van der Waals surface area contributed by atoms with Crippen molar-refractivity contribution in [1.82, 2.24) is 4.57 Å². The van der Waals surface area contributed by atoms with Crippen LogP contribution in [0, 0.1) is 0 Å². The van der Waals surface area contributed by atoms with Crippen LogP contribution in [-0.2, 0) is 16.1 Å². The van der Waals surface area contributed by atoms with Crippen molar-refractivity contribution in [2.24, 2.45) is 0 Å². The molecule has 0 atom stereocenters. The SMILES string of the molecule is COC(=O)c1cccc(NC(=O)CCn2cccc2C=O)c1. The molecular formula is C16H16N2O4. The molecule has 0 fully saturated rings. The van der Waals surface area contributed by atoms with Crippen molar-refractivity contribution in [1.29, 1.82) is 0 Å². The smallest absolute Gasteiger partial charge is 0.337 e. The maximum Gasteiger partial charge on any atom is 0.337 e. The minimum absolute atomic E-state index is 0.201. The van der Waals surface area contributed by atoms with Gasteiger partial charge in [0.25, 0.3) is 0 Å². The van der Waals surface area contributed by atoms with E-state index in [0.717, 1.165) is 6.29 Å². The Morgan fingerprint density at radius 2 is 2.09 bits per heavy atom. The molecule has 0 saturated heterocycles. The lowest BCUT2D eigenvalue weighted by atomic mass is 10.2. The molecule has 22 heavy (non-hydrogen) atoms. The van der Waals surface area contributed by atoms with Crippen LogP contribution in [0.4, 0.5) is 5.69 Å². The van der Waals surface area contributed by atoms with Crippen LogP contribution < -0.4 is 5.32 Å². The Bertz CT molecular complexity index is 691. The first-order chi connectivity index (χ1) is 10.6. The standard InChI is InChI=1S/C16H16N2O4/c1-22-16(21)12-4-2-5-13(10-12)17-15(20)7-9-18-8-3-6-14(18)11-19/h2-6,8,10-11H,7,9H2,1H3,(H,17,20). The number of rotatable bonds is 6. The van der Waals surface area contributed by atoms with Gasteiger partial charge in [0.1, 0.15) is 0 Å². The number of benzene rings is 1. The number of anilines is 1. The molecule has 0 aliphatic carbocycles. The van der Waals surface area contributed by atoms with Crippen LogP contribution in [0.1, 0.15) is 27.3 Å². The molecule has 6 heteroatoms. The van der Waals surface area contributed by atoms with Gasteiger partial charge in [-0.2, -0.15) is 0 Å². The summed E-state index contributed by atoms with van der Waals surface area (Å²) in [6, 6.07) is 9.95. The van der Waals surface area contributed by atoms with Crippen LogP contribution in [-0.4, -0.2) is 29.8 Å². The van der Waals surface area contributed by atoms with E-state index in [2.05, 4.69) is 10.1 Å². The predicted octanol–water partition coefficient (Wildman–Crippen LogP) is 2.12. The van der Waals surface area contributed by atoms with Gasteiger partial charge in [0.2, 0.25) is 5.91 Å². The fraction of sp³-hybridized carbons (Fsp3) is 0.188. The fourth-order valence-electron chi connectivity index (χ4n) is 2.03. The Balaban J connectivity index is 1.95. The summed E-state index contributed by atoms with van der Waals surface area (Å²) in [4.78, 5) is 34.1. The van der Waals surface area contributed by atoms with Gasteiger partial charge in [-0.15, -0.1) is 0 Å². The van der Waals surface area contributed by atoms with E-state index < -0.39 is 5.97 Å². The van der Waals surface area contributed by atoms with E-state index in [1.807, 2.05) is 0 Å². The molecule has 114 valence electrons. The highest BCUT2D eigenvalue weighted by atomic mass is 16.5. The Morgan fingerprint density at radius 3 is 2.82 bits per heavy atom. The van der Waals surface area contributed by atoms with Crippen molar-refractivity contribution in [3.8, 4) is 0 Å². The first-order valence-corrected chi connectivity index (χ1v) is 6.72. The number of aryl methyl sites for hydroxylation is 1. The number of amides is 1. The van der Waals surface area contributed by atoms with Crippen LogP contribution >= 0.6 is 0 Å². The highest BCUT2D eigenvalue weighted by Gasteiger charge is 2.08. The Kier molecular flexibility index (Phi) is 5.08. The third kappa shape index (κ3) is 3.82. The van der Waals surface area contributed by atoms with Gasteiger partial charge in [0, 0.05) is 24.8 Å². The third-order valence-corrected chi connectivity index (χ3v) is 3.13. The lowest BCUT2D eigenvalue weighted by Crippen LogP contribution is -2.15. The predicted molar refractivity (Wildman–Crippen MR) is 80.8 cm³/mol. The molecule has 0 unspecified atom stereocenters. The minimum Gasteiger partial charge on any atom is -0.465 e. The van der Waals surface area contributed by atoms with Crippen LogP contribution in [0.15, 0.2) is 42.6 Å². The molecule has 1 aromatic heterocycles. The summed E-state index contributed by atoms with van der Waals surface area (Å²) in [6.07, 6.45) is 2.71. The highest BCUT2D eigenvalue weighted by Crippen LogP contribution is 2.12. The van der Waals surface area contributed by atoms with Gasteiger partial charge in [-0.1, -0.05) is 6.07 Å². The minimum atomic E-state index is -0.459. The highest BCUT2D eigenvalue weighted by molar-refractivity contribution is 5.94. The second kappa shape index (κ2) is 7.21. The second-order valence-electron chi connectivity index (χ2n) is 4.61. The average Bonchev–Trinajstić information content (AvgIpc) is 3.00. The number of nitrogens with zero attached hydrogens (tertiary/aromatic N) is 1. The molecule has 0 radical (unpaired) electrons. The summed E-state index contributed by atoms with van der Waals surface area (Å²) in [7, 11) is 1.30. The van der Waals surface area contributed by atoms with Crippen molar-refractivity contribution < 1.29 is 19.1 Å². The summed E-state index contributed by atoms with van der Waals surface area (Å²) in [5, 5.41) is 2.71. The summed E-state index contributed by atoms with van der Waals surface area (Å²) < 4.78 is 6.34. The molecule has 0 spiro atoms. The Morgan fingerprint density at radius 1 is 1.27 bits per heavy atom. The van der Waals surface area contributed by atoms with Crippen LogP contribution in [0.25, 0.3) is 0 Å². The first kappa shape index (κ1) is 15.5. The van der Waals surface area contributed by atoms with Crippen LogP contribution in [0.5, 0.6) is 0 Å². The average molecular weight is 300 g/mol. The van der Waals surface area contributed by atoms with E-state index in [4.69, 9.17) is 0 Å². The van der Waals surface area contributed by atoms with Crippen molar-refractivity contribution in [2.45, 2.75) is 13.0 Å². The maximum atomic E-state index is 11.9. The van der Waals surface area contributed by atoms with E-state index in [0.29, 0.717) is 23.5 Å². The van der Waals surface area contributed by atoms with Crippen molar-refractivity contribution in [3.05, 3.63) is 53.9 Å². The number of carbonyl (C=O) groups is 3. The van der Waals surface area contributed by atoms with E-state index in [9.17, 15) is 14.4 Å². The molecule has 2 aromatic rings. The van der Waals surface area contributed by atoms with Gasteiger partial charge in [-0.05, 0) is 30.3 Å². The zero-order valence-electron chi connectivity index (χ0n) is 12.1. The lowest BCUT2D eigenvalue weighted by molar-refractivity contribution is -0.116. The molecule has 1 aromatic carbocycles. The monoisotopic (exact) mass is 300 g/mol. The number of ether oxygens (including phenoxy) is 1. The van der Waals surface area contributed by atoms with Gasteiger partial charge in [0.15, 0.2) is 6.29 Å². The third-order valence-electron chi connectivity index (χ3n) is 3.13. The Hall–Kier alpha value is -2.89. The normalized spacial score (nSPS) is 10.0. The molecular weight excluding hydrogens is 284 g/mol. The van der Waals surface area contributed by atoms with Crippen molar-refractivity contribution in [3.63, 3.8) is 0 Å². The first-order valence-electron chi connectivity index (χ1n) is 6.72. The molecule has 0 bridgehead atoms.